The Labute approximate surface area is 43.9 Å². The molecule has 0 aromatic heterocycles. The zero-order valence-electron chi connectivity index (χ0n) is 4.73. The molecule has 0 bridgehead atoms. The molecule has 0 aliphatic carbocycles. The molecular weight excluding hydrogens is 90.1 g/mol. The van der Waals surface area contributed by atoms with Gasteiger partial charge in [0, 0.05) is 20.3 Å². The van der Waals surface area contributed by atoms with E-state index in [0.717, 1.165) is 0 Å². The number of rotatable bonds is 3. The highest BCUT2D eigenvalue weighted by molar-refractivity contribution is 4.58. The predicted molar refractivity (Wildman–Crippen MR) is 30.2 cm³/mol. The zero-order chi connectivity index (χ0) is 5.70. The van der Waals surface area contributed by atoms with Crippen molar-refractivity contribution in [2.24, 2.45) is 0 Å². The van der Waals surface area contributed by atoms with Gasteiger partial charge in [0.1, 0.15) is 0 Å². The Balaban J connectivity index is 3.16. The molecule has 0 saturated heterocycles. The monoisotopic (exact) mass is 101 g/mol. The number of nitrogens with zero attached hydrogens (tertiary/aromatic N) is 1. The van der Waals surface area contributed by atoms with E-state index in [1.807, 2.05) is 0 Å². The number of hydrogen-bond acceptors (Lipinski definition) is 3. The Kier molecular flexibility index (Phi) is 3.36. The van der Waals surface area contributed by atoms with E-state index in [0.29, 0.717) is 0 Å². The van der Waals surface area contributed by atoms with Gasteiger partial charge in [0.2, 0.25) is 0 Å². The van der Waals surface area contributed by atoms with Crippen molar-refractivity contribution in [3.63, 3.8) is 0 Å². The molecule has 0 amide bonds. The predicted octanol–water partition coefficient (Wildman–Crippen LogP) is -0.299. The summed E-state index contributed by atoms with van der Waals surface area (Å²) in [7, 11) is 3.61. The topological polar surface area (TPSA) is 27.3 Å². The van der Waals surface area contributed by atoms with Gasteiger partial charge < -0.3 is 0 Å². The fourth-order valence-electron chi connectivity index (χ4n) is 0.294. The van der Waals surface area contributed by atoms with Crippen LogP contribution in [-0.4, -0.2) is 19.2 Å². The first-order valence-electron chi connectivity index (χ1n) is 2.11. The van der Waals surface area contributed by atoms with Gasteiger partial charge in [0.25, 0.3) is 0 Å². The highest BCUT2D eigenvalue weighted by Gasteiger charge is 1.79. The van der Waals surface area contributed by atoms with Crippen LogP contribution in [-0.2, 0) is 0 Å². The summed E-state index contributed by atoms with van der Waals surface area (Å²) in [4.78, 5) is 0. The van der Waals surface area contributed by atoms with Crippen molar-refractivity contribution in [1.82, 2.24) is 16.0 Å². The summed E-state index contributed by atoms with van der Waals surface area (Å²) in [6.07, 6.45) is 1.64. The molecule has 0 heterocycles. The second-order valence-electron chi connectivity index (χ2n) is 1.000. The van der Waals surface area contributed by atoms with Gasteiger partial charge in [-0.05, 0) is 0 Å². The van der Waals surface area contributed by atoms with E-state index in [-0.39, 0.29) is 0 Å². The van der Waals surface area contributed by atoms with Gasteiger partial charge in [0.05, 0.1) is 0 Å². The molecule has 0 radical (unpaired) electrons. The van der Waals surface area contributed by atoms with Gasteiger partial charge in [0.15, 0.2) is 0 Å². The smallest absolute Gasteiger partial charge is 0.0268 e. The van der Waals surface area contributed by atoms with Crippen LogP contribution in [0.25, 0.3) is 0 Å². The maximum Gasteiger partial charge on any atom is 0.0268 e. The highest BCUT2D eigenvalue weighted by atomic mass is 15.7. The molecule has 0 aliphatic heterocycles. The zero-order valence-corrected chi connectivity index (χ0v) is 4.73. The Hall–Kier alpha value is -0.540. The molecule has 0 aliphatic rings. The molecule has 0 rings (SSSR count). The van der Waals surface area contributed by atoms with E-state index in [4.69, 9.17) is 0 Å². The van der Waals surface area contributed by atoms with Gasteiger partial charge in [-0.25, -0.2) is 10.9 Å². The van der Waals surface area contributed by atoms with E-state index >= 15 is 0 Å². The summed E-state index contributed by atoms with van der Waals surface area (Å²) in [6.45, 7) is 3.50. The van der Waals surface area contributed by atoms with Crippen LogP contribution in [0.15, 0.2) is 12.8 Å². The van der Waals surface area contributed by atoms with Crippen LogP contribution in [0.1, 0.15) is 0 Å². The van der Waals surface area contributed by atoms with E-state index < -0.39 is 0 Å². The summed E-state index contributed by atoms with van der Waals surface area (Å²) >= 11 is 0. The number of hydrazine groups is 2. The minimum Gasteiger partial charge on any atom is -0.250 e. The first-order valence-corrected chi connectivity index (χ1v) is 2.11. The number of hydrogen-bond donors (Lipinski definition) is 2. The van der Waals surface area contributed by atoms with Crippen molar-refractivity contribution in [1.29, 1.82) is 0 Å². The van der Waals surface area contributed by atoms with Crippen molar-refractivity contribution in [3.8, 4) is 0 Å². The average Bonchev–Trinajstić information content (AvgIpc) is 1.72. The maximum atomic E-state index is 3.50. The van der Waals surface area contributed by atoms with Crippen LogP contribution in [0.5, 0.6) is 0 Å². The van der Waals surface area contributed by atoms with Crippen molar-refractivity contribution in [2.75, 3.05) is 14.1 Å². The maximum absolute atomic E-state index is 3.50. The van der Waals surface area contributed by atoms with Gasteiger partial charge in [-0.1, -0.05) is 6.58 Å². The largest absolute Gasteiger partial charge is 0.250 e. The van der Waals surface area contributed by atoms with Crippen molar-refractivity contribution >= 4 is 0 Å². The van der Waals surface area contributed by atoms with Crippen LogP contribution in [0.2, 0.25) is 0 Å². The van der Waals surface area contributed by atoms with Crippen molar-refractivity contribution in [3.05, 3.63) is 12.8 Å². The molecule has 0 atom stereocenters. The molecule has 0 spiro atoms. The van der Waals surface area contributed by atoms with Gasteiger partial charge >= 0.3 is 0 Å². The normalized spacial score (nSPS) is 8.29. The molecule has 0 unspecified atom stereocenters. The second kappa shape index (κ2) is 3.64. The van der Waals surface area contributed by atoms with Crippen molar-refractivity contribution in [2.45, 2.75) is 0 Å². The van der Waals surface area contributed by atoms with Crippen LogP contribution < -0.4 is 10.9 Å². The van der Waals surface area contributed by atoms with Gasteiger partial charge in [-0.2, -0.15) is 0 Å². The summed E-state index contributed by atoms with van der Waals surface area (Å²) in [5.74, 6) is 0. The molecule has 3 nitrogen and oxygen atoms in total. The Morgan fingerprint density at radius 2 is 1.86 bits per heavy atom. The highest BCUT2D eigenvalue weighted by Crippen LogP contribution is 1.65. The van der Waals surface area contributed by atoms with E-state index in [1.165, 1.54) is 0 Å². The fraction of sp³-hybridized carbons (Fsp3) is 0.500. The quantitative estimate of drug-likeness (QED) is 0.478. The molecule has 0 aromatic rings. The van der Waals surface area contributed by atoms with E-state index in [1.54, 1.807) is 25.4 Å². The Bertz CT molecular complexity index is 48.9. The third-order valence-electron chi connectivity index (χ3n) is 0.664. The summed E-state index contributed by atoms with van der Waals surface area (Å²) in [5.41, 5.74) is 5.61. The fourth-order valence-corrected chi connectivity index (χ4v) is 0.294. The molecule has 42 valence electrons. The minimum absolute atomic E-state index is 1.64. The van der Waals surface area contributed by atoms with Crippen LogP contribution in [0.4, 0.5) is 0 Å². The van der Waals surface area contributed by atoms with E-state index in [9.17, 15) is 0 Å². The minimum atomic E-state index is 1.64. The molecule has 3 heteroatoms. The van der Waals surface area contributed by atoms with Crippen LogP contribution >= 0.6 is 0 Å². The van der Waals surface area contributed by atoms with E-state index in [2.05, 4.69) is 17.4 Å². The van der Waals surface area contributed by atoms with Crippen molar-refractivity contribution < 1.29 is 0 Å². The first-order chi connectivity index (χ1) is 3.35. The molecule has 2 N–H and O–H groups in total. The lowest BCUT2D eigenvalue weighted by Crippen LogP contribution is -2.39. The van der Waals surface area contributed by atoms with Crippen LogP contribution in [0.3, 0.4) is 0 Å². The molecule has 0 fully saturated rings. The SMILES string of the molecule is C=CN(NC)NC. The van der Waals surface area contributed by atoms with Crippen LogP contribution in [0, 0.1) is 0 Å². The molecular formula is C4H11N3. The Morgan fingerprint density at radius 3 is 1.86 bits per heavy atom. The lowest BCUT2D eigenvalue weighted by molar-refractivity contribution is 0.229. The third-order valence-corrected chi connectivity index (χ3v) is 0.664. The third kappa shape index (κ3) is 2.19. The summed E-state index contributed by atoms with van der Waals surface area (Å²) in [5, 5.41) is 1.64. The second-order valence-corrected chi connectivity index (χ2v) is 1.000. The van der Waals surface area contributed by atoms with Gasteiger partial charge in [-0.15, -0.1) is 0 Å². The summed E-state index contributed by atoms with van der Waals surface area (Å²) in [6, 6.07) is 0. The molecule has 0 aromatic carbocycles. The molecule has 7 heavy (non-hydrogen) atoms. The summed E-state index contributed by atoms with van der Waals surface area (Å²) < 4.78 is 0. The lowest BCUT2D eigenvalue weighted by atomic mass is 11.0. The van der Waals surface area contributed by atoms with Gasteiger partial charge in [-0.3, -0.25) is 5.12 Å². The first kappa shape index (κ1) is 6.46. The average molecular weight is 101 g/mol. The number of nitrogens with one attached hydrogen (secondary N) is 2. The standard InChI is InChI=1S/C4H11N3/c1-4-7(5-2)6-3/h4-6H,1H2,2-3H3. The Morgan fingerprint density at radius 1 is 1.43 bits per heavy atom. The molecule has 0 saturated carbocycles. The lowest BCUT2D eigenvalue weighted by Gasteiger charge is -2.14.